The quantitative estimate of drug-likeness (QED) is 0.616. The molecule has 8 heteroatoms. The van der Waals surface area contributed by atoms with Gasteiger partial charge in [-0.25, -0.2) is 9.48 Å². The van der Waals surface area contributed by atoms with Gasteiger partial charge in [0, 0.05) is 7.11 Å². The zero-order valence-corrected chi connectivity index (χ0v) is 9.16. The van der Waals surface area contributed by atoms with Gasteiger partial charge in [-0.2, -0.15) is 0 Å². The third-order valence-corrected chi connectivity index (χ3v) is 1.73. The first-order chi connectivity index (χ1) is 7.69. The summed E-state index contributed by atoms with van der Waals surface area (Å²) in [6, 6.07) is 0. The molecule has 1 aromatic heterocycles. The first kappa shape index (κ1) is 12.5. The highest BCUT2D eigenvalue weighted by Gasteiger charge is 2.18. The topological polar surface area (TPSA) is 99.4 Å². The highest BCUT2D eigenvalue weighted by molar-refractivity contribution is 5.85. The predicted molar refractivity (Wildman–Crippen MR) is 51.7 cm³/mol. The van der Waals surface area contributed by atoms with E-state index in [9.17, 15) is 9.90 Å². The van der Waals surface area contributed by atoms with Gasteiger partial charge in [-0.05, 0) is 17.4 Å². The fourth-order valence-electron chi connectivity index (χ4n) is 1.11. The molecule has 1 unspecified atom stereocenters. The molecule has 0 amide bonds. The molecule has 1 heterocycles. The lowest BCUT2D eigenvalue weighted by Crippen LogP contribution is -2.25. The molecule has 1 atom stereocenters. The fraction of sp³-hybridized carbons (Fsp3) is 0.750. The smallest absolute Gasteiger partial charge is 0.378 e. The van der Waals surface area contributed by atoms with E-state index in [2.05, 4.69) is 15.5 Å². The second kappa shape index (κ2) is 6.13. The molecule has 0 spiro atoms. The van der Waals surface area contributed by atoms with E-state index in [0.717, 1.165) is 0 Å². The van der Waals surface area contributed by atoms with Crippen molar-refractivity contribution in [2.24, 2.45) is 0 Å². The number of carbonyl (C=O) groups excluding carboxylic acids is 1. The Morgan fingerprint density at radius 3 is 3.00 bits per heavy atom. The van der Waals surface area contributed by atoms with Crippen LogP contribution in [0.15, 0.2) is 0 Å². The second-order valence-corrected chi connectivity index (χ2v) is 3.01. The monoisotopic (exact) mass is 230 g/mol. The fourth-order valence-corrected chi connectivity index (χ4v) is 1.11. The van der Waals surface area contributed by atoms with Gasteiger partial charge in [0.05, 0.1) is 25.9 Å². The molecule has 0 fully saturated rings. The van der Waals surface area contributed by atoms with Crippen molar-refractivity contribution in [2.75, 3.05) is 20.3 Å². The average Bonchev–Trinajstić information content (AvgIpc) is 2.66. The first-order valence-electron chi connectivity index (χ1n) is 4.79. The molecule has 0 aliphatic heterocycles. The van der Waals surface area contributed by atoms with Crippen molar-refractivity contribution in [3.63, 3.8) is 0 Å². The number of hydrogen-bond acceptors (Lipinski definition) is 7. The summed E-state index contributed by atoms with van der Waals surface area (Å²) in [6.45, 7) is 2.15. The van der Waals surface area contributed by atoms with Gasteiger partial charge in [-0.15, -0.1) is 5.10 Å². The highest BCUT2D eigenvalue weighted by Crippen LogP contribution is 1.98. The molecule has 0 bridgehead atoms. The van der Waals surface area contributed by atoms with E-state index in [4.69, 9.17) is 9.47 Å². The Kier molecular flexibility index (Phi) is 4.80. The molecule has 1 rings (SSSR count). The number of methoxy groups -OCH3 is 1. The van der Waals surface area contributed by atoms with Gasteiger partial charge in [0.2, 0.25) is 0 Å². The van der Waals surface area contributed by atoms with Crippen molar-refractivity contribution in [3.05, 3.63) is 5.82 Å². The number of ether oxygens (including phenoxy) is 2. The molecule has 0 aliphatic rings. The normalized spacial score (nSPS) is 12.4. The molecular weight excluding hydrogens is 216 g/mol. The van der Waals surface area contributed by atoms with Gasteiger partial charge in [-0.3, -0.25) is 0 Å². The molecule has 0 radical (unpaired) electrons. The van der Waals surface area contributed by atoms with E-state index in [1.165, 1.54) is 11.8 Å². The number of tetrazole rings is 1. The molecule has 0 aromatic carbocycles. The number of rotatable bonds is 6. The summed E-state index contributed by atoms with van der Waals surface area (Å²) >= 11 is 0. The Bertz CT molecular complexity index is 341. The van der Waals surface area contributed by atoms with Gasteiger partial charge in [-0.1, -0.05) is 0 Å². The summed E-state index contributed by atoms with van der Waals surface area (Å²) in [6.07, 6.45) is -0.776. The van der Waals surface area contributed by atoms with E-state index in [1.54, 1.807) is 6.92 Å². The van der Waals surface area contributed by atoms with Crippen LogP contribution >= 0.6 is 0 Å². The average molecular weight is 230 g/mol. The summed E-state index contributed by atoms with van der Waals surface area (Å²) in [5.41, 5.74) is 0. The van der Waals surface area contributed by atoms with Crippen LogP contribution in [0.3, 0.4) is 0 Å². The summed E-state index contributed by atoms with van der Waals surface area (Å²) in [5.74, 6) is -0.644. The predicted octanol–water partition coefficient (Wildman–Crippen LogP) is -1.14. The molecule has 0 saturated heterocycles. The summed E-state index contributed by atoms with van der Waals surface area (Å²) in [7, 11) is 1.47. The van der Waals surface area contributed by atoms with Crippen LogP contribution in [0.4, 0.5) is 0 Å². The Hall–Kier alpha value is -1.54. The lowest BCUT2D eigenvalue weighted by Gasteiger charge is -2.09. The van der Waals surface area contributed by atoms with Crippen molar-refractivity contribution in [1.29, 1.82) is 0 Å². The zero-order valence-electron chi connectivity index (χ0n) is 9.16. The van der Waals surface area contributed by atoms with Crippen molar-refractivity contribution < 1.29 is 19.4 Å². The van der Waals surface area contributed by atoms with Gasteiger partial charge in [0.1, 0.15) is 0 Å². The van der Waals surface area contributed by atoms with Crippen LogP contribution in [0, 0.1) is 0 Å². The number of aliphatic hydroxyl groups is 1. The molecule has 90 valence electrons. The number of aliphatic hydroxyl groups excluding tert-OH is 1. The molecular formula is C8H14N4O4. The van der Waals surface area contributed by atoms with Crippen molar-refractivity contribution >= 4 is 5.97 Å². The largest absolute Gasteiger partial charge is 0.460 e. The number of esters is 1. The van der Waals surface area contributed by atoms with Crippen LogP contribution in [0.2, 0.25) is 0 Å². The minimum absolute atomic E-state index is 0.0306. The Balaban J connectivity index is 2.66. The number of aromatic nitrogens is 4. The van der Waals surface area contributed by atoms with Gasteiger partial charge in [0.25, 0.3) is 5.82 Å². The van der Waals surface area contributed by atoms with Crippen LogP contribution in [0.5, 0.6) is 0 Å². The summed E-state index contributed by atoms with van der Waals surface area (Å²) in [5, 5.41) is 19.9. The van der Waals surface area contributed by atoms with Gasteiger partial charge >= 0.3 is 5.97 Å². The summed E-state index contributed by atoms with van der Waals surface area (Å²) < 4.78 is 10.7. The molecule has 16 heavy (non-hydrogen) atoms. The van der Waals surface area contributed by atoms with Crippen LogP contribution in [0.25, 0.3) is 0 Å². The van der Waals surface area contributed by atoms with E-state index in [1.807, 2.05) is 0 Å². The molecule has 8 nitrogen and oxygen atoms in total. The second-order valence-electron chi connectivity index (χ2n) is 3.01. The van der Waals surface area contributed by atoms with Crippen molar-refractivity contribution in [1.82, 2.24) is 20.2 Å². The number of hydrogen-bond donors (Lipinski definition) is 1. The Morgan fingerprint density at radius 2 is 2.38 bits per heavy atom. The van der Waals surface area contributed by atoms with E-state index >= 15 is 0 Å². The van der Waals surface area contributed by atoms with Crippen LogP contribution in [0.1, 0.15) is 17.5 Å². The van der Waals surface area contributed by atoms with E-state index < -0.39 is 12.1 Å². The maximum atomic E-state index is 11.4. The van der Waals surface area contributed by atoms with E-state index in [0.29, 0.717) is 0 Å². The minimum Gasteiger partial charge on any atom is -0.460 e. The Labute approximate surface area is 92.2 Å². The van der Waals surface area contributed by atoms with E-state index in [-0.39, 0.29) is 25.6 Å². The van der Waals surface area contributed by atoms with Crippen LogP contribution < -0.4 is 0 Å². The summed E-state index contributed by atoms with van der Waals surface area (Å²) in [4.78, 5) is 11.4. The number of nitrogens with zero attached hydrogens (tertiary/aromatic N) is 4. The zero-order chi connectivity index (χ0) is 12.0. The number of carbonyl (C=O) groups is 1. The maximum absolute atomic E-state index is 11.4. The molecule has 1 aromatic rings. The Morgan fingerprint density at radius 1 is 1.62 bits per heavy atom. The minimum atomic E-state index is -0.776. The highest BCUT2D eigenvalue weighted by atomic mass is 16.5. The standard InChI is InChI=1S/C8H14N4O4/c1-3-16-8(14)7-9-10-11-12(7)4-6(13)5-15-2/h6,13H,3-5H2,1-2H3. The van der Waals surface area contributed by atoms with Crippen molar-refractivity contribution in [2.45, 2.75) is 19.6 Å². The lowest BCUT2D eigenvalue weighted by molar-refractivity contribution is 0.0435. The van der Waals surface area contributed by atoms with Gasteiger partial charge in [0.15, 0.2) is 0 Å². The third-order valence-electron chi connectivity index (χ3n) is 1.73. The third kappa shape index (κ3) is 3.24. The molecule has 0 saturated carbocycles. The van der Waals surface area contributed by atoms with Gasteiger partial charge < -0.3 is 14.6 Å². The SMILES string of the molecule is CCOC(=O)c1nnnn1CC(O)COC. The van der Waals surface area contributed by atoms with Crippen LogP contribution in [-0.4, -0.2) is 57.7 Å². The molecule has 1 N–H and O–H groups in total. The first-order valence-corrected chi connectivity index (χ1v) is 4.79. The van der Waals surface area contributed by atoms with Crippen molar-refractivity contribution in [3.8, 4) is 0 Å². The molecule has 0 aliphatic carbocycles. The lowest BCUT2D eigenvalue weighted by atomic mass is 10.4. The van der Waals surface area contributed by atoms with Crippen LogP contribution in [-0.2, 0) is 16.0 Å². The maximum Gasteiger partial charge on any atom is 0.378 e.